The third-order valence-corrected chi connectivity index (χ3v) is 3.36. The van der Waals surface area contributed by atoms with Crippen molar-refractivity contribution in [2.45, 2.75) is 25.7 Å². The van der Waals surface area contributed by atoms with Crippen LogP contribution in [0.1, 0.15) is 18.4 Å². The molecule has 0 spiro atoms. The van der Waals surface area contributed by atoms with Crippen LogP contribution in [0.2, 0.25) is 0 Å². The van der Waals surface area contributed by atoms with Crippen molar-refractivity contribution in [1.82, 2.24) is 10.0 Å². The molecule has 26 heavy (non-hydrogen) atoms. The first kappa shape index (κ1) is 19.1. The molecule has 9 nitrogen and oxygen atoms in total. The first-order valence-electron chi connectivity index (χ1n) is 7.89. The number of Topliss-reactive ketones (excluding diaryl/α,β-unsaturated/α-hetero) is 1. The van der Waals surface area contributed by atoms with Crippen molar-refractivity contribution >= 4 is 11.9 Å². The van der Waals surface area contributed by atoms with Crippen LogP contribution in [0.25, 0.3) is 0 Å². The predicted octanol–water partition coefficient (Wildman–Crippen LogP) is 0.922. The highest BCUT2D eigenvalue weighted by molar-refractivity contribution is 5.81. The van der Waals surface area contributed by atoms with Gasteiger partial charge < -0.3 is 30.2 Å². The Hall–Kier alpha value is -3.20. The lowest BCUT2D eigenvalue weighted by atomic mass is 10.2. The first-order chi connectivity index (χ1) is 12.5. The van der Waals surface area contributed by atoms with E-state index in [-0.39, 0.29) is 26.0 Å². The minimum Gasteiger partial charge on any atom is -0.492 e. The number of carbonyl (C=O) groups is 2. The van der Waals surface area contributed by atoms with Crippen LogP contribution >= 0.6 is 0 Å². The maximum absolute atomic E-state index is 11.8. The summed E-state index contributed by atoms with van der Waals surface area (Å²) < 4.78 is 5.54. The maximum Gasteiger partial charge on any atom is 0.407 e. The van der Waals surface area contributed by atoms with E-state index in [9.17, 15) is 24.9 Å². The third-order valence-electron chi connectivity index (χ3n) is 3.36. The van der Waals surface area contributed by atoms with Crippen LogP contribution in [0, 0.1) is 0 Å². The molecule has 0 aliphatic heterocycles. The van der Waals surface area contributed by atoms with Crippen molar-refractivity contribution in [1.29, 1.82) is 0 Å². The zero-order valence-electron chi connectivity index (χ0n) is 13.9. The van der Waals surface area contributed by atoms with Crippen LogP contribution in [0.15, 0.2) is 42.5 Å². The highest BCUT2D eigenvalue weighted by Gasteiger charge is 2.19. The Bertz CT molecular complexity index is 710. The smallest absolute Gasteiger partial charge is 0.407 e. The molecular formula is C17H20N2O7. The molecule has 4 N–H and O–H groups in total. The van der Waals surface area contributed by atoms with Crippen LogP contribution in [0.3, 0.4) is 0 Å². The average molecular weight is 364 g/mol. The Labute approximate surface area is 149 Å². The van der Waals surface area contributed by atoms with Gasteiger partial charge in [0.25, 0.3) is 6.29 Å². The van der Waals surface area contributed by atoms with Gasteiger partial charge in [-0.05, 0) is 12.0 Å². The summed E-state index contributed by atoms with van der Waals surface area (Å²) in [6, 6.07) is 11.5. The van der Waals surface area contributed by atoms with Gasteiger partial charge in [0.05, 0.1) is 0 Å². The second-order valence-electron chi connectivity index (χ2n) is 5.36. The number of aliphatic hydroxyl groups excluding tert-OH is 1. The molecule has 0 fully saturated rings. The van der Waals surface area contributed by atoms with Crippen molar-refractivity contribution in [3.05, 3.63) is 48.0 Å². The van der Waals surface area contributed by atoms with Crippen LogP contribution in [-0.2, 0) is 16.1 Å². The fraction of sp³-hybridized carbons (Fsp3) is 0.294. The van der Waals surface area contributed by atoms with Gasteiger partial charge in [0.1, 0.15) is 6.61 Å². The number of nitrogens with zero attached hydrogens (tertiary/aromatic N) is 1. The van der Waals surface area contributed by atoms with Gasteiger partial charge in [-0.15, -0.1) is 4.73 Å². The Balaban J connectivity index is 1.62. The zero-order valence-corrected chi connectivity index (χ0v) is 13.9. The Morgan fingerprint density at radius 3 is 2.38 bits per heavy atom. The van der Waals surface area contributed by atoms with Gasteiger partial charge in [0.15, 0.2) is 0 Å². The molecule has 2 rings (SSSR count). The molecule has 1 aromatic heterocycles. The molecule has 0 aliphatic carbocycles. The molecular weight excluding hydrogens is 344 g/mol. The number of aromatic hydroxyl groups is 2. The van der Waals surface area contributed by atoms with E-state index in [1.807, 2.05) is 30.3 Å². The number of benzene rings is 1. The van der Waals surface area contributed by atoms with Gasteiger partial charge in [0, 0.05) is 25.1 Å². The molecule has 1 atom stereocenters. The zero-order chi connectivity index (χ0) is 18.9. The standard InChI is InChI=1S/C17H20N2O7/c20-13(16(23)26-19-14(21)8-9-15(19)22)7-4-10-18-17(24)25-11-12-5-2-1-3-6-12/h1-3,5-6,8-9,16,21-23H,4,7,10-11H2,(H,18,24). The summed E-state index contributed by atoms with van der Waals surface area (Å²) in [5.41, 5.74) is 0.856. The number of ether oxygens (including phenoxy) is 1. The summed E-state index contributed by atoms with van der Waals surface area (Å²) in [5, 5.41) is 30.8. The molecule has 1 amide bonds. The Morgan fingerprint density at radius 1 is 1.08 bits per heavy atom. The first-order valence-corrected chi connectivity index (χ1v) is 7.89. The van der Waals surface area contributed by atoms with Crippen molar-refractivity contribution in [3.63, 3.8) is 0 Å². The van der Waals surface area contributed by atoms with Gasteiger partial charge in [-0.3, -0.25) is 4.79 Å². The van der Waals surface area contributed by atoms with Crippen LogP contribution < -0.4 is 10.2 Å². The molecule has 0 saturated carbocycles. The molecule has 9 heteroatoms. The fourth-order valence-corrected chi connectivity index (χ4v) is 2.02. The Kier molecular flexibility index (Phi) is 6.86. The highest BCUT2D eigenvalue weighted by Crippen LogP contribution is 2.19. The van der Waals surface area contributed by atoms with Crippen LogP contribution in [-0.4, -0.2) is 44.8 Å². The van der Waals surface area contributed by atoms with Gasteiger partial charge >= 0.3 is 6.09 Å². The topological polar surface area (TPSA) is 130 Å². The van der Waals surface area contributed by atoms with E-state index in [0.29, 0.717) is 4.73 Å². The second kappa shape index (κ2) is 9.33. The third kappa shape index (κ3) is 5.71. The molecule has 2 aromatic rings. The molecule has 1 aromatic carbocycles. The average Bonchev–Trinajstić information content (AvgIpc) is 2.96. The summed E-state index contributed by atoms with van der Waals surface area (Å²) in [6.07, 6.45) is -2.30. The number of hydrogen-bond acceptors (Lipinski definition) is 7. The summed E-state index contributed by atoms with van der Waals surface area (Å²) in [4.78, 5) is 28.0. The van der Waals surface area contributed by atoms with E-state index in [0.717, 1.165) is 17.7 Å². The number of amides is 1. The largest absolute Gasteiger partial charge is 0.492 e. The molecule has 1 heterocycles. The minimum atomic E-state index is -1.86. The van der Waals surface area contributed by atoms with Crippen molar-refractivity contribution in [2.24, 2.45) is 0 Å². The number of nitrogens with one attached hydrogen (secondary N) is 1. The van der Waals surface area contributed by atoms with Crippen molar-refractivity contribution in [3.8, 4) is 11.8 Å². The quantitative estimate of drug-likeness (QED) is 0.384. The van der Waals surface area contributed by atoms with E-state index in [1.165, 1.54) is 0 Å². The monoisotopic (exact) mass is 364 g/mol. The van der Waals surface area contributed by atoms with E-state index >= 15 is 0 Å². The number of hydrogen-bond donors (Lipinski definition) is 4. The number of aliphatic hydroxyl groups is 1. The SMILES string of the molecule is O=C(NCCCC(=O)C(O)On1c(O)ccc1O)OCc1ccccc1. The lowest BCUT2D eigenvalue weighted by Crippen LogP contribution is -2.33. The number of ketones is 1. The molecule has 140 valence electrons. The van der Waals surface area contributed by atoms with Crippen LogP contribution in [0.4, 0.5) is 4.79 Å². The molecule has 1 unspecified atom stereocenters. The summed E-state index contributed by atoms with van der Waals surface area (Å²) in [7, 11) is 0. The molecule has 0 radical (unpaired) electrons. The maximum atomic E-state index is 11.8. The van der Waals surface area contributed by atoms with Crippen molar-refractivity contribution < 1.29 is 34.5 Å². The number of aromatic nitrogens is 1. The number of alkyl carbamates (subject to hydrolysis) is 1. The summed E-state index contributed by atoms with van der Waals surface area (Å²) >= 11 is 0. The van der Waals surface area contributed by atoms with Crippen molar-refractivity contribution in [2.75, 3.05) is 6.54 Å². The van der Waals surface area contributed by atoms with Gasteiger partial charge in [-0.25, -0.2) is 4.79 Å². The van der Waals surface area contributed by atoms with Gasteiger partial charge in [-0.1, -0.05) is 30.3 Å². The van der Waals surface area contributed by atoms with Gasteiger partial charge in [-0.2, -0.15) is 0 Å². The minimum absolute atomic E-state index is 0.0804. The fourth-order valence-electron chi connectivity index (χ4n) is 2.02. The highest BCUT2D eigenvalue weighted by atomic mass is 16.8. The lowest BCUT2D eigenvalue weighted by Gasteiger charge is -2.13. The predicted molar refractivity (Wildman–Crippen MR) is 89.2 cm³/mol. The normalized spacial score (nSPS) is 11.6. The summed E-state index contributed by atoms with van der Waals surface area (Å²) in [6.45, 7) is 0.314. The molecule has 0 aliphatic rings. The lowest BCUT2D eigenvalue weighted by molar-refractivity contribution is -0.158. The van der Waals surface area contributed by atoms with Gasteiger partial charge in [0.2, 0.25) is 17.5 Å². The van der Waals surface area contributed by atoms with E-state index in [1.54, 1.807) is 0 Å². The molecule has 0 bridgehead atoms. The van der Waals surface area contributed by atoms with E-state index in [4.69, 9.17) is 9.57 Å². The summed E-state index contributed by atoms with van der Waals surface area (Å²) in [5.74, 6) is -1.59. The number of rotatable bonds is 9. The molecule has 0 saturated heterocycles. The number of carbonyl (C=O) groups excluding carboxylic acids is 2. The van der Waals surface area contributed by atoms with Crippen LogP contribution in [0.5, 0.6) is 11.8 Å². The Morgan fingerprint density at radius 2 is 1.73 bits per heavy atom. The van der Waals surface area contributed by atoms with E-state index < -0.39 is 29.9 Å². The van der Waals surface area contributed by atoms with E-state index in [2.05, 4.69) is 5.32 Å². The second-order valence-corrected chi connectivity index (χ2v) is 5.36.